The average molecular weight is 373 g/mol. The molecule has 1 atom stereocenters. The topological polar surface area (TPSA) is 63.7 Å². The Labute approximate surface area is 154 Å². The minimum atomic E-state index is -3.40. The monoisotopic (exact) mass is 373 g/mol. The normalized spacial score (nSPS) is 17.3. The summed E-state index contributed by atoms with van der Waals surface area (Å²) >= 11 is 0. The van der Waals surface area contributed by atoms with Crippen LogP contribution in [0.4, 0.5) is 0 Å². The maximum Gasteiger partial charge on any atom is 0.257 e. The Morgan fingerprint density at radius 1 is 1.19 bits per heavy atom. The van der Waals surface area contributed by atoms with Crippen LogP contribution < -0.4 is 4.74 Å². The van der Waals surface area contributed by atoms with Crippen molar-refractivity contribution in [1.82, 2.24) is 4.90 Å². The van der Waals surface area contributed by atoms with E-state index in [4.69, 9.17) is 4.74 Å². The minimum absolute atomic E-state index is 0.108. The van der Waals surface area contributed by atoms with E-state index in [2.05, 4.69) is 12.1 Å². The van der Waals surface area contributed by atoms with Crippen molar-refractivity contribution in [3.8, 4) is 5.75 Å². The van der Waals surface area contributed by atoms with E-state index in [0.717, 1.165) is 25.5 Å². The SMILES string of the molecule is COc1ccc(S(C)(=O)=O)cc1C(=O)N1CCCC1Cc1ccccc1. The molecule has 0 saturated carbocycles. The maximum absolute atomic E-state index is 13.2. The zero-order chi connectivity index (χ0) is 18.7. The molecule has 138 valence electrons. The number of benzene rings is 2. The number of carbonyl (C=O) groups is 1. The predicted octanol–water partition coefficient (Wildman–Crippen LogP) is 2.95. The second kappa shape index (κ2) is 7.50. The molecule has 2 aromatic rings. The van der Waals surface area contributed by atoms with E-state index in [1.165, 1.54) is 24.8 Å². The van der Waals surface area contributed by atoms with E-state index in [0.29, 0.717) is 17.9 Å². The highest BCUT2D eigenvalue weighted by molar-refractivity contribution is 7.90. The molecule has 1 fully saturated rings. The number of rotatable bonds is 5. The van der Waals surface area contributed by atoms with Gasteiger partial charge in [0.2, 0.25) is 0 Å². The molecule has 0 N–H and O–H groups in total. The molecule has 2 aromatic carbocycles. The summed E-state index contributed by atoms with van der Waals surface area (Å²) in [6.45, 7) is 0.669. The number of carbonyl (C=O) groups excluding carboxylic acids is 1. The molecule has 1 saturated heterocycles. The first-order chi connectivity index (χ1) is 12.4. The van der Waals surface area contributed by atoms with Crippen LogP contribution in [-0.2, 0) is 16.3 Å². The van der Waals surface area contributed by atoms with Crippen LogP contribution in [0, 0.1) is 0 Å². The van der Waals surface area contributed by atoms with Crippen molar-refractivity contribution < 1.29 is 17.9 Å². The summed E-state index contributed by atoms with van der Waals surface area (Å²) in [5.41, 5.74) is 1.49. The van der Waals surface area contributed by atoms with E-state index in [1.807, 2.05) is 23.1 Å². The fourth-order valence-electron chi connectivity index (χ4n) is 3.44. The zero-order valence-electron chi connectivity index (χ0n) is 15.0. The number of ether oxygens (including phenoxy) is 1. The number of likely N-dealkylation sites (tertiary alicyclic amines) is 1. The van der Waals surface area contributed by atoms with Crippen molar-refractivity contribution in [2.75, 3.05) is 19.9 Å². The third kappa shape index (κ3) is 3.90. The van der Waals surface area contributed by atoms with Gasteiger partial charge in [0.15, 0.2) is 9.84 Å². The van der Waals surface area contributed by atoms with Crippen LogP contribution in [0.2, 0.25) is 0 Å². The van der Waals surface area contributed by atoms with Crippen LogP contribution in [-0.4, -0.2) is 45.2 Å². The summed E-state index contributed by atoms with van der Waals surface area (Å²) in [6, 6.07) is 14.6. The molecule has 0 aromatic heterocycles. The van der Waals surface area contributed by atoms with Crippen molar-refractivity contribution in [2.45, 2.75) is 30.2 Å². The Morgan fingerprint density at radius 3 is 2.58 bits per heavy atom. The number of nitrogens with zero attached hydrogens (tertiary/aromatic N) is 1. The van der Waals surface area contributed by atoms with Gasteiger partial charge in [-0.15, -0.1) is 0 Å². The summed E-state index contributed by atoms with van der Waals surface area (Å²) in [5, 5.41) is 0. The van der Waals surface area contributed by atoms with Gasteiger partial charge in [0.25, 0.3) is 5.91 Å². The van der Waals surface area contributed by atoms with E-state index >= 15 is 0 Å². The van der Waals surface area contributed by atoms with Gasteiger partial charge in [-0.05, 0) is 43.0 Å². The Balaban J connectivity index is 1.90. The Morgan fingerprint density at radius 2 is 1.92 bits per heavy atom. The molecule has 0 aliphatic carbocycles. The largest absolute Gasteiger partial charge is 0.496 e. The van der Waals surface area contributed by atoms with E-state index in [-0.39, 0.29) is 16.8 Å². The number of methoxy groups -OCH3 is 1. The van der Waals surface area contributed by atoms with Crippen LogP contribution in [0.1, 0.15) is 28.8 Å². The Bertz CT molecular complexity index is 893. The third-order valence-corrected chi connectivity index (χ3v) is 5.89. The molecular formula is C20H23NO4S. The standard InChI is InChI=1S/C20H23NO4S/c1-25-19-11-10-17(26(2,23)24)14-18(19)20(22)21-12-6-9-16(21)13-15-7-4-3-5-8-15/h3-5,7-8,10-11,14,16H,6,9,12-13H2,1-2H3. The van der Waals surface area contributed by atoms with Crippen molar-refractivity contribution in [2.24, 2.45) is 0 Å². The van der Waals surface area contributed by atoms with E-state index in [9.17, 15) is 13.2 Å². The average Bonchev–Trinajstić information content (AvgIpc) is 3.08. The lowest BCUT2D eigenvalue weighted by molar-refractivity contribution is 0.0733. The first kappa shape index (κ1) is 18.5. The van der Waals surface area contributed by atoms with Crippen molar-refractivity contribution >= 4 is 15.7 Å². The first-order valence-electron chi connectivity index (χ1n) is 8.63. The summed E-state index contributed by atoms with van der Waals surface area (Å²) < 4.78 is 29.0. The highest BCUT2D eigenvalue weighted by Gasteiger charge is 2.31. The summed E-state index contributed by atoms with van der Waals surface area (Å²) in [7, 11) is -1.91. The summed E-state index contributed by atoms with van der Waals surface area (Å²) in [5.74, 6) is 0.221. The molecular weight excluding hydrogens is 350 g/mol. The van der Waals surface area contributed by atoms with Crippen LogP contribution in [0.15, 0.2) is 53.4 Å². The lowest BCUT2D eigenvalue weighted by Gasteiger charge is -2.26. The third-order valence-electron chi connectivity index (χ3n) is 4.78. The molecule has 0 bridgehead atoms. The first-order valence-corrected chi connectivity index (χ1v) is 10.5. The smallest absolute Gasteiger partial charge is 0.257 e. The van der Waals surface area contributed by atoms with Crippen molar-refractivity contribution in [1.29, 1.82) is 0 Å². The molecule has 1 unspecified atom stereocenters. The van der Waals surface area contributed by atoms with Gasteiger partial charge in [0, 0.05) is 18.8 Å². The molecule has 0 radical (unpaired) electrons. The zero-order valence-corrected chi connectivity index (χ0v) is 15.8. The van der Waals surface area contributed by atoms with Gasteiger partial charge < -0.3 is 9.64 Å². The molecule has 6 heteroatoms. The van der Waals surface area contributed by atoms with Gasteiger partial charge in [-0.3, -0.25) is 4.79 Å². The number of amides is 1. The van der Waals surface area contributed by atoms with Gasteiger partial charge in [-0.25, -0.2) is 8.42 Å². The predicted molar refractivity (Wildman–Crippen MR) is 100 cm³/mol. The molecule has 1 aliphatic heterocycles. The molecule has 1 aliphatic rings. The van der Waals surface area contributed by atoms with Crippen LogP contribution in [0.5, 0.6) is 5.75 Å². The second-order valence-electron chi connectivity index (χ2n) is 6.62. The summed E-state index contributed by atoms with van der Waals surface area (Å²) in [4.78, 5) is 15.1. The van der Waals surface area contributed by atoms with Crippen LogP contribution >= 0.6 is 0 Å². The lowest BCUT2D eigenvalue weighted by Crippen LogP contribution is -2.37. The van der Waals surface area contributed by atoms with Crippen molar-refractivity contribution in [3.05, 3.63) is 59.7 Å². The maximum atomic E-state index is 13.2. The van der Waals surface area contributed by atoms with Gasteiger partial charge in [-0.1, -0.05) is 30.3 Å². The van der Waals surface area contributed by atoms with E-state index in [1.54, 1.807) is 6.07 Å². The number of sulfone groups is 1. The van der Waals surface area contributed by atoms with Gasteiger partial charge >= 0.3 is 0 Å². The number of hydrogen-bond acceptors (Lipinski definition) is 4. The highest BCUT2D eigenvalue weighted by Crippen LogP contribution is 2.28. The Hall–Kier alpha value is -2.34. The Kier molecular flexibility index (Phi) is 5.32. The van der Waals surface area contributed by atoms with Gasteiger partial charge in [0.05, 0.1) is 17.6 Å². The van der Waals surface area contributed by atoms with Crippen LogP contribution in [0.3, 0.4) is 0 Å². The summed E-state index contributed by atoms with van der Waals surface area (Å²) in [6.07, 6.45) is 3.81. The van der Waals surface area contributed by atoms with Crippen molar-refractivity contribution in [3.63, 3.8) is 0 Å². The molecule has 0 spiro atoms. The van der Waals surface area contributed by atoms with E-state index < -0.39 is 9.84 Å². The molecule has 26 heavy (non-hydrogen) atoms. The molecule has 3 rings (SSSR count). The quantitative estimate of drug-likeness (QED) is 0.808. The number of hydrogen-bond donors (Lipinski definition) is 0. The highest BCUT2D eigenvalue weighted by atomic mass is 32.2. The molecule has 1 heterocycles. The minimum Gasteiger partial charge on any atom is -0.496 e. The lowest BCUT2D eigenvalue weighted by atomic mass is 10.0. The second-order valence-corrected chi connectivity index (χ2v) is 8.63. The van der Waals surface area contributed by atoms with Gasteiger partial charge in [-0.2, -0.15) is 0 Å². The van der Waals surface area contributed by atoms with Gasteiger partial charge in [0.1, 0.15) is 5.75 Å². The molecule has 1 amide bonds. The fraction of sp³-hybridized carbons (Fsp3) is 0.350. The molecule has 5 nitrogen and oxygen atoms in total. The van der Waals surface area contributed by atoms with Crippen LogP contribution in [0.25, 0.3) is 0 Å². The fourth-order valence-corrected chi connectivity index (χ4v) is 4.09.